The Labute approximate surface area is 156 Å². The predicted octanol–water partition coefficient (Wildman–Crippen LogP) is 4.54. The SMILES string of the molecule is C=CCN(C(=O)CCc1nc(-c2ccc(Cl)cc2)no1)c1ccccc1. The number of hydrogen-bond acceptors (Lipinski definition) is 4. The fraction of sp³-hybridized carbons (Fsp3) is 0.150. The number of halogens is 1. The highest BCUT2D eigenvalue weighted by atomic mass is 35.5. The maximum atomic E-state index is 12.6. The van der Waals surface area contributed by atoms with Crippen molar-refractivity contribution in [1.29, 1.82) is 0 Å². The average molecular weight is 368 g/mol. The van der Waals surface area contributed by atoms with Crippen LogP contribution in [0, 0.1) is 0 Å². The second kappa shape index (κ2) is 8.45. The minimum absolute atomic E-state index is 0.0256. The third kappa shape index (κ3) is 4.37. The molecular weight excluding hydrogens is 350 g/mol. The lowest BCUT2D eigenvalue weighted by atomic mass is 10.2. The number of carbonyl (C=O) groups excluding carboxylic acids is 1. The zero-order chi connectivity index (χ0) is 18.4. The van der Waals surface area contributed by atoms with E-state index in [0.29, 0.717) is 29.7 Å². The highest BCUT2D eigenvalue weighted by Crippen LogP contribution is 2.20. The molecule has 3 rings (SSSR count). The zero-order valence-corrected chi connectivity index (χ0v) is 14.9. The van der Waals surface area contributed by atoms with Gasteiger partial charge in [-0.25, -0.2) is 0 Å². The second-order valence-corrected chi connectivity index (χ2v) is 6.08. The molecule has 3 aromatic rings. The maximum absolute atomic E-state index is 12.6. The molecule has 0 unspecified atom stereocenters. The van der Waals surface area contributed by atoms with Gasteiger partial charge in [0.1, 0.15) is 0 Å². The van der Waals surface area contributed by atoms with E-state index in [0.717, 1.165) is 11.3 Å². The summed E-state index contributed by atoms with van der Waals surface area (Å²) in [6.45, 7) is 4.17. The summed E-state index contributed by atoms with van der Waals surface area (Å²) in [4.78, 5) is 18.6. The zero-order valence-electron chi connectivity index (χ0n) is 14.1. The second-order valence-electron chi connectivity index (χ2n) is 5.65. The van der Waals surface area contributed by atoms with Gasteiger partial charge in [0.15, 0.2) is 0 Å². The van der Waals surface area contributed by atoms with Crippen molar-refractivity contribution >= 4 is 23.2 Å². The first-order chi connectivity index (χ1) is 12.7. The van der Waals surface area contributed by atoms with Gasteiger partial charge < -0.3 is 9.42 Å². The van der Waals surface area contributed by atoms with Crippen LogP contribution in [-0.2, 0) is 11.2 Å². The molecule has 1 amide bonds. The Morgan fingerprint density at radius 2 is 1.88 bits per heavy atom. The molecule has 132 valence electrons. The lowest BCUT2D eigenvalue weighted by Gasteiger charge is -2.20. The molecule has 0 radical (unpaired) electrons. The van der Waals surface area contributed by atoms with E-state index in [-0.39, 0.29) is 12.3 Å². The number of nitrogens with zero attached hydrogens (tertiary/aromatic N) is 3. The number of amides is 1. The molecule has 2 aromatic carbocycles. The molecule has 0 atom stereocenters. The van der Waals surface area contributed by atoms with Gasteiger partial charge in [0.25, 0.3) is 0 Å². The predicted molar refractivity (Wildman–Crippen MR) is 102 cm³/mol. The number of aromatic nitrogens is 2. The molecule has 1 heterocycles. The highest BCUT2D eigenvalue weighted by molar-refractivity contribution is 6.30. The first kappa shape index (κ1) is 17.9. The molecule has 26 heavy (non-hydrogen) atoms. The summed E-state index contributed by atoms with van der Waals surface area (Å²) >= 11 is 5.88. The van der Waals surface area contributed by atoms with Gasteiger partial charge in [-0.1, -0.05) is 41.0 Å². The molecule has 0 N–H and O–H groups in total. The van der Waals surface area contributed by atoms with Crippen LogP contribution in [0.1, 0.15) is 12.3 Å². The summed E-state index contributed by atoms with van der Waals surface area (Å²) in [6, 6.07) is 16.7. The molecule has 0 saturated heterocycles. The van der Waals surface area contributed by atoms with Crippen molar-refractivity contribution in [2.45, 2.75) is 12.8 Å². The summed E-state index contributed by atoms with van der Waals surface area (Å²) in [5, 5.41) is 4.61. The van der Waals surface area contributed by atoms with Crippen LogP contribution >= 0.6 is 11.6 Å². The van der Waals surface area contributed by atoms with E-state index in [1.807, 2.05) is 42.5 Å². The van der Waals surface area contributed by atoms with Crippen LogP contribution in [0.2, 0.25) is 5.02 Å². The fourth-order valence-electron chi connectivity index (χ4n) is 2.51. The van der Waals surface area contributed by atoms with Crippen LogP contribution in [0.4, 0.5) is 5.69 Å². The Kier molecular flexibility index (Phi) is 5.81. The lowest BCUT2D eigenvalue weighted by Crippen LogP contribution is -2.31. The molecule has 0 bridgehead atoms. The molecular formula is C20H18ClN3O2. The van der Waals surface area contributed by atoms with E-state index in [2.05, 4.69) is 16.7 Å². The van der Waals surface area contributed by atoms with E-state index in [1.54, 1.807) is 23.1 Å². The van der Waals surface area contributed by atoms with Gasteiger partial charge in [-0.2, -0.15) is 4.98 Å². The van der Waals surface area contributed by atoms with Crippen LogP contribution in [0.15, 0.2) is 71.8 Å². The molecule has 0 aliphatic carbocycles. The van der Waals surface area contributed by atoms with Crippen LogP contribution in [0.5, 0.6) is 0 Å². The smallest absolute Gasteiger partial charge is 0.227 e. The molecule has 0 spiro atoms. The van der Waals surface area contributed by atoms with Crippen LogP contribution in [0.3, 0.4) is 0 Å². The van der Waals surface area contributed by atoms with Gasteiger partial charge in [0.2, 0.25) is 17.6 Å². The van der Waals surface area contributed by atoms with Crippen molar-refractivity contribution in [2.24, 2.45) is 0 Å². The molecule has 0 aliphatic heterocycles. The summed E-state index contributed by atoms with van der Waals surface area (Å²) in [6.07, 6.45) is 2.35. The Morgan fingerprint density at radius 1 is 1.15 bits per heavy atom. The van der Waals surface area contributed by atoms with E-state index >= 15 is 0 Å². The standard InChI is InChI=1S/C20H18ClN3O2/c1-2-14-24(17-6-4-3-5-7-17)19(25)13-12-18-22-20(23-26-18)15-8-10-16(21)11-9-15/h2-11H,1,12-14H2. The summed E-state index contributed by atoms with van der Waals surface area (Å²) in [5.74, 6) is 0.882. The number of carbonyl (C=O) groups is 1. The van der Waals surface area contributed by atoms with Crippen molar-refractivity contribution in [1.82, 2.24) is 10.1 Å². The maximum Gasteiger partial charge on any atom is 0.227 e. The Balaban J connectivity index is 1.65. The number of anilines is 1. The van der Waals surface area contributed by atoms with Gasteiger partial charge in [-0.05, 0) is 36.4 Å². The summed E-state index contributed by atoms with van der Waals surface area (Å²) in [5.41, 5.74) is 1.65. The van der Waals surface area contributed by atoms with Crippen molar-refractivity contribution in [3.63, 3.8) is 0 Å². The third-order valence-electron chi connectivity index (χ3n) is 3.80. The summed E-state index contributed by atoms with van der Waals surface area (Å²) in [7, 11) is 0. The Bertz CT molecular complexity index is 876. The Hall–Kier alpha value is -2.92. The largest absolute Gasteiger partial charge is 0.339 e. The normalized spacial score (nSPS) is 10.5. The van der Waals surface area contributed by atoms with Crippen molar-refractivity contribution in [3.8, 4) is 11.4 Å². The first-order valence-corrected chi connectivity index (χ1v) is 8.60. The minimum atomic E-state index is -0.0256. The van der Waals surface area contributed by atoms with Gasteiger partial charge in [0.05, 0.1) is 0 Å². The Morgan fingerprint density at radius 3 is 2.58 bits per heavy atom. The average Bonchev–Trinajstić information content (AvgIpc) is 3.14. The van der Waals surface area contributed by atoms with Gasteiger partial charge in [0, 0.05) is 35.7 Å². The molecule has 0 saturated carbocycles. The highest BCUT2D eigenvalue weighted by Gasteiger charge is 2.16. The van der Waals surface area contributed by atoms with Crippen LogP contribution in [-0.4, -0.2) is 22.6 Å². The van der Waals surface area contributed by atoms with Crippen LogP contribution in [0.25, 0.3) is 11.4 Å². The molecule has 1 aromatic heterocycles. The quantitative estimate of drug-likeness (QED) is 0.575. The molecule has 0 aliphatic rings. The van der Waals surface area contributed by atoms with E-state index in [4.69, 9.17) is 16.1 Å². The number of rotatable bonds is 7. The number of benzene rings is 2. The number of aryl methyl sites for hydroxylation is 1. The first-order valence-electron chi connectivity index (χ1n) is 8.22. The minimum Gasteiger partial charge on any atom is -0.339 e. The third-order valence-corrected chi connectivity index (χ3v) is 4.06. The van der Waals surface area contributed by atoms with E-state index in [1.165, 1.54) is 0 Å². The van der Waals surface area contributed by atoms with Crippen molar-refractivity contribution < 1.29 is 9.32 Å². The molecule has 6 heteroatoms. The summed E-state index contributed by atoms with van der Waals surface area (Å²) < 4.78 is 5.26. The lowest BCUT2D eigenvalue weighted by molar-refractivity contribution is -0.118. The van der Waals surface area contributed by atoms with E-state index < -0.39 is 0 Å². The van der Waals surface area contributed by atoms with Gasteiger partial charge >= 0.3 is 0 Å². The molecule has 5 nitrogen and oxygen atoms in total. The monoisotopic (exact) mass is 367 g/mol. The number of hydrogen-bond donors (Lipinski definition) is 0. The fourth-order valence-corrected chi connectivity index (χ4v) is 2.64. The van der Waals surface area contributed by atoms with Gasteiger partial charge in [-0.3, -0.25) is 4.79 Å². The van der Waals surface area contributed by atoms with Crippen molar-refractivity contribution in [3.05, 3.63) is 78.2 Å². The van der Waals surface area contributed by atoms with Crippen molar-refractivity contribution in [2.75, 3.05) is 11.4 Å². The van der Waals surface area contributed by atoms with E-state index in [9.17, 15) is 4.79 Å². The molecule has 0 fully saturated rings. The van der Waals surface area contributed by atoms with Crippen LogP contribution < -0.4 is 4.90 Å². The number of para-hydroxylation sites is 1. The van der Waals surface area contributed by atoms with Gasteiger partial charge in [-0.15, -0.1) is 6.58 Å². The topological polar surface area (TPSA) is 59.2 Å².